The molecule has 0 aliphatic heterocycles. The zero-order chi connectivity index (χ0) is 12.9. The summed E-state index contributed by atoms with van der Waals surface area (Å²) in [5.74, 6) is -0.601. The Bertz CT molecular complexity index is 258. The van der Waals surface area contributed by atoms with Gasteiger partial charge in [-0.15, -0.1) is 0 Å². The Hall–Kier alpha value is -0.530. The summed E-state index contributed by atoms with van der Waals surface area (Å²) >= 11 is 0. The van der Waals surface area contributed by atoms with Gasteiger partial charge in [0.05, 0.1) is 5.41 Å². The van der Waals surface area contributed by atoms with Crippen molar-refractivity contribution in [2.24, 2.45) is 10.8 Å². The summed E-state index contributed by atoms with van der Waals surface area (Å²) in [5, 5.41) is 9.35. The molecule has 0 aromatic rings. The van der Waals surface area contributed by atoms with Crippen LogP contribution < -0.4 is 0 Å². The molecule has 1 saturated carbocycles. The van der Waals surface area contributed by atoms with Crippen LogP contribution >= 0.6 is 0 Å². The van der Waals surface area contributed by atoms with Gasteiger partial charge in [0.1, 0.15) is 0 Å². The maximum Gasteiger partial charge on any atom is 0.309 e. The minimum Gasteiger partial charge on any atom is -0.481 e. The number of hydrogen-bond acceptors (Lipinski definition) is 1. The van der Waals surface area contributed by atoms with Gasteiger partial charge >= 0.3 is 5.97 Å². The minimum absolute atomic E-state index is 0.448. The largest absolute Gasteiger partial charge is 0.481 e. The molecule has 1 atom stereocenters. The lowest BCUT2D eigenvalue weighted by Gasteiger charge is -2.25. The molecule has 0 bridgehead atoms. The first-order chi connectivity index (χ1) is 7.86. The molecule has 100 valence electrons. The van der Waals surface area contributed by atoms with E-state index in [9.17, 15) is 9.90 Å². The summed E-state index contributed by atoms with van der Waals surface area (Å²) in [6.07, 6.45) is 9.97. The zero-order valence-electron chi connectivity index (χ0n) is 11.7. The second-order valence-corrected chi connectivity index (χ2v) is 6.80. The van der Waals surface area contributed by atoms with Crippen molar-refractivity contribution in [3.05, 3.63) is 0 Å². The van der Waals surface area contributed by atoms with Crippen LogP contribution in [0.4, 0.5) is 0 Å². The molecular weight excluding hydrogens is 212 g/mol. The van der Waals surface area contributed by atoms with Crippen molar-refractivity contribution in [1.29, 1.82) is 0 Å². The second-order valence-electron chi connectivity index (χ2n) is 6.80. The van der Waals surface area contributed by atoms with Crippen LogP contribution in [0, 0.1) is 10.8 Å². The molecule has 0 saturated heterocycles. The fourth-order valence-corrected chi connectivity index (χ4v) is 2.88. The molecule has 17 heavy (non-hydrogen) atoms. The van der Waals surface area contributed by atoms with E-state index in [1.165, 1.54) is 32.1 Å². The molecule has 0 aromatic carbocycles. The smallest absolute Gasteiger partial charge is 0.309 e. The highest BCUT2D eigenvalue weighted by molar-refractivity contribution is 5.74. The van der Waals surface area contributed by atoms with E-state index in [1.54, 1.807) is 0 Å². The molecule has 0 spiro atoms. The van der Waals surface area contributed by atoms with Crippen molar-refractivity contribution in [2.75, 3.05) is 0 Å². The fourth-order valence-electron chi connectivity index (χ4n) is 2.88. The van der Waals surface area contributed by atoms with Crippen LogP contribution in [0.15, 0.2) is 0 Å². The van der Waals surface area contributed by atoms with Crippen molar-refractivity contribution in [3.8, 4) is 0 Å². The molecule has 2 heteroatoms. The molecule has 0 heterocycles. The number of aliphatic carboxylic acids is 1. The van der Waals surface area contributed by atoms with Gasteiger partial charge in [-0.3, -0.25) is 4.79 Å². The van der Waals surface area contributed by atoms with Crippen LogP contribution in [0.2, 0.25) is 0 Å². The van der Waals surface area contributed by atoms with Crippen LogP contribution in [0.25, 0.3) is 0 Å². The predicted octanol–water partition coefficient (Wildman–Crippen LogP) is 4.63. The third-order valence-corrected chi connectivity index (χ3v) is 4.43. The summed E-state index contributed by atoms with van der Waals surface area (Å²) in [7, 11) is 0. The molecule has 0 amide bonds. The third kappa shape index (κ3) is 4.69. The minimum atomic E-state index is -0.601. The summed E-state index contributed by atoms with van der Waals surface area (Å²) < 4.78 is 0. The van der Waals surface area contributed by atoms with Crippen LogP contribution in [-0.2, 0) is 4.79 Å². The number of hydrogen-bond donors (Lipinski definition) is 1. The van der Waals surface area contributed by atoms with Gasteiger partial charge in [-0.1, -0.05) is 46.0 Å². The Labute approximate surface area is 106 Å². The fraction of sp³-hybridized carbons (Fsp3) is 0.933. The normalized spacial score (nSPS) is 31.5. The monoisotopic (exact) mass is 240 g/mol. The van der Waals surface area contributed by atoms with E-state index in [2.05, 4.69) is 13.8 Å². The van der Waals surface area contributed by atoms with Crippen molar-refractivity contribution < 1.29 is 9.90 Å². The van der Waals surface area contributed by atoms with E-state index in [0.29, 0.717) is 5.41 Å². The lowest BCUT2D eigenvalue weighted by molar-refractivity contribution is -0.149. The highest BCUT2D eigenvalue weighted by Gasteiger charge is 2.32. The van der Waals surface area contributed by atoms with Crippen molar-refractivity contribution in [1.82, 2.24) is 0 Å². The first-order valence-corrected chi connectivity index (χ1v) is 7.09. The highest BCUT2D eigenvalue weighted by atomic mass is 16.4. The third-order valence-electron chi connectivity index (χ3n) is 4.43. The Morgan fingerprint density at radius 1 is 0.824 bits per heavy atom. The van der Waals surface area contributed by atoms with E-state index in [-0.39, 0.29) is 0 Å². The van der Waals surface area contributed by atoms with Crippen LogP contribution in [-0.4, -0.2) is 11.1 Å². The quantitative estimate of drug-likeness (QED) is 0.725. The zero-order valence-corrected chi connectivity index (χ0v) is 11.7. The standard InChI is InChI=1S/C15H28O2/c1-14(2)9-5-4-6-11-15(3,13(16)17)12-8-7-10-14/h4-12H2,1-3H3,(H,16,17). The Morgan fingerprint density at radius 2 is 1.24 bits per heavy atom. The first kappa shape index (κ1) is 14.5. The van der Waals surface area contributed by atoms with Gasteiger partial charge in [0.25, 0.3) is 0 Å². The van der Waals surface area contributed by atoms with Crippen LogP contribution in [0.5, 0.6) is 0 Å². The lowest BCUT2D eigenvalue weighted by atomic mass is 9.79. The van der Waals surface area contributed by atoms with Gasteiger partial charge in [0.2, 0.25) is 0 Å². The van der Waals surface area contributed by atoms with E-state index >= 15 is 0 Å². The van der Waals surface area contributed by atoms with Crippen molar-refractivity contribution >= 4 is 5.97 Å². The van der Waals surface area contributed by atoms with Gasteiger partial charge in [-0.2, -0.15) is 0 Å². The maximum absolute atomic E-state index is 11.4. The molecule has 2 nitrogen and oxygen atoms in total. The lowest BCUT2D eigenvalue weighted by Crippen LogP contribution is -2.27. The van der Waals surface area contributed by atoms with Crippen LogP contribution in [0.1, 0.15) is 78.6 Å². The van der Waals surface area contributed by atoms with E-state index in [0.717, 1.165) is 25.7 Å². The topological polar surface area (TPSA) is 37.3 Å². The maximum atomic E-state index is 11.4. The summed E-state index contributed by atoms with van der Waals surface area (Å²) in [6, 6.07) is 0. The summed E-state index contributed by atoms with van der Waals surface area (Å²) in [5.41, 5.74) is -0.0293. The molecule has 1 aliphatic rings. The number of carboxylic acids is 1. The van der Waals surface area contributed by atoms with Gasteiger partial charge in [-0.05, 0) is 38.0 Å². The molecule has 1 unspecified atom stereocenters. The summed E-state index contributed by atoms with van der Waals surface area (Å²) in [4.78, 5) is 11.4. The molecule has 0 aromatic heterocycles. The van der Waals surface area contributed by atoms with E-state index < -0.39 is 11.4 Å². The Balaban J connectivity index is 2.59. The van der Waals surface area contributed by atoms with Crippen molar-refractivity contribution in [3.63, 3.8) is 0 Å². The Morgan fingerprint density at radius 3 is 1.76 bits per heavy atom. The van der Waals surface area contributed by atoms with Gasteiger partial charge < -0.3 is 5.11 Å². The molecule has 1 aliphatic carbocycles. The van der Waals surface area contributed by atoms with Crippen molar-refractivity contribution in [2.45, 2.75) is 78.6 Å². The summed E-state index contributed by atoms with van der Waals surface area (Å²) in [6.45, 7) is 6.63. The Kier molecular flexibility index (Phi) is 5.03. The SMILES string of the molecule is CC1(C)CCCCCC(C)(C(=O)O)CCCC1. The van der Waals surface area contributed by atoms with Gasteiger partial charge in [0, 0.05) is 0 Å². The molecule has 1 fully saturated rings. The highest BCUT2D eigenvalue weighted by Crippen LogP contribution is 2.36. The molecule has 1 N–H and O–H groups in total. The predicted molar refractivity (Wildman–Crippen MR) is 71.1 cm³/mol. The molecule has 1 rings (SSSR count). The molecular formula is C15H28O2. The van der Waals surface area contributed by atoms with E-state index in [4.69, 9.17) is 0 Å². The number of rotatable bonds is 1. The number of carboxylic acid groups (broad SMARTS) is 1. The average Bonchev–Trinajstić information content (AvgIpc) is 2.25. The van der Waals surface area contributed by atoms with E-state index in [1.807, 2.05) is 6.92 Å². The van der Waals surface area contributed by atoms with Gasteiger partial charge in [-0.25, -0.2) is 0 Å². The van der Waals surface area contributed by atoms with Crippen LogP contribution in [0.3, 0.4) is 0 Å². The second kappa shape index (κ2) is 5.88. The van der Waals surface area contributed by atoms with Gasteiger partial charge in [0.15, 0.2) is 0 Å². The number of carbonyl (C=O) groups is 1. The average molecular weight is 240 g/mol. The molecule has 0 radical (unpaired) electrons. The first-order valence-electron chi connectivity index (χ1n) is 7.09.